The average molecular weight is 393 g/mol. The van der Waals surface area contributed by atoms with E-state index in [0.29, 0.717) is 5.75 Å². The van der Waals surface area contributed by atoms with E-state index in [1.165, 1.54) is 25.3 Å². The molecule has 6 nitrogen and oxygen atoms in total. The molecular formula is C18H19NO5S2. The smallest absolute Gasteiger partial charge is 0.236 e. The quantitative estimate of drug-likeness (QED) is 0.751. The molecule has 3 rings (SSSR count). The summed E-state index contributed by atoms with van der Waals surface area (Å²) in [5, 5.41) is 0.370. The lowest BCUT2D eigenvalue weighted by atomic mass is 10.2. The Morgan fingerprint density at radius 3 is 2.15 bits per heavy atom. The first-order valence-corrected chi connectivity index (χ1v) is 11.0. The first kappa shape index (κ1) is 18.6. The van der Waals surface area contributed by atoms with Crippen molar-refractivity contribution in [3.8, 4) is 5.75 Å². The topological polar surface area (TPSA) is 80.8 Å². The van der Waals surface area contributed by atoms with Crippen molar-refractivity contribution in [3.05, 3.63) is 65.6 Å². The van der Waals surface area contributed by atoms with Crippen LogP contribution in [0.25, 0.3) is 6.08 Å². The van der Waals surface area contributed by atoms with Gasteiger partial charge in [-0.25, -0.2) is 16.8 Å². The summed E-state index contributed by atoms with van der Waals surface area (Å²) < 4.78 is 56.0. The Kier molecular flexibility index (Phi) is 5.17. The summed E-state index contributed by atoms with van der Waals surface area (Å²) in [4.78, 5) is 0.167. The lowest BCUT2D eigenvalue weighted by Gasteiger charge is -2.36. The second-order valence-electron chi connectivity index (χ2n) is 5.92. The van der Waals surface area contributed by atoms with Crippen molar-refractivity contribution < 1.29 is 21.6 Å². The number of hydrogen-bond acceptors (Lipinski definition) is 5. The van der Waals surface area contributed by atoms with Gasteiger partial charge in [-0.3, -0.25) is 0 Å². The summed E-state index contributed by atoms with van der Waals surface area (Å²) in [5.74, 6) is 0.563. The summed E-state index contributed by atoms with van der Waals surface area (Å²) in [6.07, 6.45) is 1.50. The molecule has 0 aliphatic carbocycles. The van der Waals surface area contributed by atoms with Gasteiger partial charge in [0, 0.05) is 18.5 Å². The number of benzene rings is 2. The minimum Gasteiger partial charge on any atom is -0.497 e. The van der Waals surface area contributed by atoms with Gasteiger partial charge >= 0.3 is 0 Å². The third kappa shape index (κ3) is 3.82. The number of hydrogen-bond donors (Lipinski definition) is 0. The van der Waals surface area contributed by atoms with Gasteiger partial charge in [0.05, 0.1) is 17.3 Å². The maximum absolute atomic E-state index is 12.6. The van der Waals surface area contributed by atoms with Crippen molar-refractivity contribution in [2.75, 3.05) is 20.2 Å². The summed E-state index contributed by atoms with van der Waals surface area (Å²) in [6, 6.07) is 15.1. The number of methoxy groups -OCH3 is 1. The number of nitrogens with zero attached hydrogens (tertiary/aromatic N) is 1. The van der Waals surface area contributed by atoms with Crippen molar-refractivity contribution >= 4 is 25.9 Å². The number of sulfone groups is 1. The van der Waals surface area contributed by atoms with Crippen molar-refractivity contribution in [2.45, 2.75) is 10.1 Å². The fraction of sp³-hybridized carbons (Fsp3) is 0.222. The van der Waals surface area contributed by atoms with Crippen LogP contribution >= 0.6 is 0 Å². The number of ether oxygens (including phenoxy) is 1. The van der Waals surface area contributed by atoms with Gasteiger partial charge in [-0.2, -0.15) is 4.31 Å². The molecule has 8 heteroatoms. The first-order chi connectivity index (χ1) is 12.3. The number of sulfonamides is 1. The predicted molar refractivity (Wildman–Crippen MR) is 99.9 cm³/mol. The molecule has 0 bridgehead atoms. The molecule has 0 aromatic heterocycles. The molecule has 0 spiro atoms. The Hall–Kier alpha value is -2.16. The van der Waals surface area contributed by atoms with E-state index in [-0.39, 0.29) is 18.0 Å². The maximum Gasteiger partial charge on any atom is 0.236 e. The van der Waals surface area contributed by atoms with Gasteiger partial charge in [0.15, 0.2) is 9.84 Å². The standard InChI is InChI=1S/C18H19NO5S2/c1-24-16-7-9-17(10-8-16)26(22,23)18-13-19(14-18)25(20,21)12-11-15-5-3-2-4-6-15/h2-12,18H,13-14H2,1H3/b12-11+. The lowest BCUT2D eigenvalue weighted by molar-refractivity contribution is 0.313. The Balaban J connectivity index is 1.68. The molecule has 2 aromatic carbocycles. The molecule has 0 saturated carbocycles. The monoisotopic (exact) mass is 393 g/mol. The molecule has 1 saturated heterocycles. The van der Waals surface area contributed by atoms with Gasteiger partial charge < -0.3 is 4.74 Å². The minimum absolute atomic E-state index is 0.0458. The number of rotatable bonds is 6. The lowest BCUT2D eigenvalue weighted by Crippen LogP contribution is -2.56. The molecular weight excluding hydrogens is 374 g/mol. The van der Waals surface area contributed by atoms with E-state index < -0.39 is 25.1 Å². The maximum atomic E-state index is 12.6. The van der Waals surface area contributed by atoms with Crippen LogP contribution in [0.1, 0.15) is 5.56 Å². The van der Waals surface area contributed by atoms with Crippen LogP contribution in [0.4, 0.5) is 0 Å². The molecule has 0 atom stereocenters. The minimum atomic E-state index is -3.64. The Bertz CT molecular complexity index is 991. The SMILES string of the molecule is COc1ccc(S(=O)(=O)C2CN(S(=O)(=O)/C=C/c3ccccc3)C2)cc1. The van der Waals surface area contributed by atoms with Gasteiger partial charge in [0.1, 0.15) is 5.75 Å². The van der Waals surface area contributed by atoms with E-state index in [9.17, 15) is 16.8 Å². The van der Waals surface area contributed by atoms with Crippen molar-refractivity contribution in [2.24, 2.45) is 0 Å². The fourth-order valence-corrected chi connectivity index (χ4v) is 5.70. The molecule has 0 unspecified atom stereocenters. The van der Waals surface area contributed by atoms with Crippen LogP contribution in [0.15, 0.2) is 64.9 Å². The van der Waals surface area contributed by atoms with Gasteiger partial charge in [0.2, 0.25) is 10.0 Å². The van der Waals surface area contributed by atoms with Crippen LogP contribution in [0.2, 0.25) is 0 Å². The van der Waals surface area contributed by atoms with Crippen LogP contribution < -0.4 is 4.74 Å². The first-order valence-electron chi connectivity index (χ1n) is 7.94. The molecule has 1 heterocycles. The fourth-order valence-electron chi connectivity index (χ4n) is 2.58. The molecule has 0 N–H and O–H groups in total. The van der Waals surface area contributed by atoms with E-state index in [2.05, 4.69) is 0 Å². The van der Waals surface area contributed by atoms with Crippen LogP contribution in [0.5, 0.6) is 5.75 Å². The summed E-state index contributed by atoms with van der Waals surface area (Å²) in [7, 11) is -5.71. The Morgan fingerprint density at radius 2 is 1.58 bits per heavy atom. The second-order valence-corrected chi connectivity index (χ2v) is 9.96. The summed E-state index contributed by atoms with van der Waals surface area (Å²) in [6.45, 7) is -0.0916. The van der Waals surface area contributed by atoms with E-state index in [1.807, 2.05) is 18.2 Å². The van der Waals surface area contributed by atoms with Crippen LogP contribution in [-0.4, -0.2) is 46.6 Å². The highest BCUT2D eigenvalue weighted by atomic mass is 32.2. The predicted octanol–water partition coefficient (Wildman–Crippen LogP) is 2.15. The zero-order valence-corrected chi connectivity index (χ0v) is 15.8. The van der Waals surface area contributed by atoms with Gasteiger partial charge in [-0.15, -0.1) is 0 Å². The molecule has 1 aliphatic heterocycles. The zero-order chi connectivity index (χ0) is 18.8. The zero-order valence-electron chi connectivity index (χ0n) is 14.1. The second kappa shape index (κ2) is 7.22. The average Bonchev–Trinajstić information content (AvgIpc) is 2.59. The Morgan fingerprint density at radius 1 is 0.962 bits per heavy atom. The third-order valence-corrected chi connectivity index (χ3v) is 7.84. The van der Waals surface area contributed by atoms with Crippen LogP contribution in [0, 0.1) is 0 Å². The van der Waals surface area contributed by atoms with Crippen molar-refractivity contribution in [1.29, 1.82) is 0 Å². The molecule has 2 aromatic rings. The molecule has 1 aliphatic rings. The molecule has 1 fully saturated rings. The highest BCUT2D eigenvalue weighted by Gasteiger charge is 2.42. The van der Waals surface area contributed by atoms with Crippen LogP contribution in [-0.2, 0) is 19.9 Å². The van der Waals surface area contributed by atoms with E-state index in [0.717, 1.165) is 15.3 Å². The third-order valence-electron chi connectivity index (χ3n) is 4.23. The molecule has 138 valence electrons. The van der Waals surface area contributed by atoms with Gasteiger partial charge in [-0.1, -0.05) is 30.3 Å². The van der Waals surface area contributed by atoms with E-state index >= 15 is 0 Å². The highest BCUT2D eigenvalue weighted by molar-refractivity contribution is 7.93. The highest BCUT2D eigenvalue weighted by Crippen LogP contribution is 2.27. The normalized spacial score (nSPS) is 16.5. The molecule has 0 amide bonds. The largest absolute Gasteiger partial charge is 0.497 e. The van der Waals surface area contributed by atoms with Gasteiger partial charge in [0.25, 0.3) is 0 Å². The van der Waals surface area contributed by atoms with Gasteiger partial charge in [-0.05, 0) is 35.9 Å². The van der Waals surface area contributed by atoms with Crippen molar-refractivity contribution in [3.63, 3.8) is 0 Å². The Labute approximate surface area is 153 Å². The van der Waals surface area contributed by atoms with Crippen molar-refractivity contribution in [1.82, 2.24) is 4.31 Å². The van der Waals surface area contributed by atoms with Crippen LogP contribution in [0.3, 0.4) is 0 Å². The molecule has 26 heavy (non-hydrogen) atoms. The van der Waals surface area contributed by atoms with E-state index in [4.69, 9.17) is 4.74 Å². The van der Waals surface area contributed by atoms with E-state index in [1.54, 1.807) is 24.3 Å². The summed E-state index contributed by atoms with van der Waals surface area (Å²) in [5.41, 5.74) is 0.763. The summed E-state index contributed by atoms with van der Waals surface area (Å²) >= 11 is 0. The molecule has 0 radical (unpaired) electrons.